The van der Waals surface area contributed by atoms with E-state index >= 15 is 0 Å². The third-order valence-corrected chi connectivity index (χ3v) is 2.17. The van der Waals surface area contributed by atoms with Crippen LogP contribution in [0.4, 0.5) is 0 Å². The Hall–Kier alpha value is -1.39. The van der Waals surface area contributed by atoms with Crippen molar-refractivity contribution >= 4 is 5.97 Å². The highest BCUT2D eigenvalue weighted by molar-refractivity contribution is 5.75. The van der Waals surface area contributed by atoms with Gasteiger partial charge >= 0.3 is 5.97 Å². The van der Waals surface area contributed by atoms with Gasteiger partial charge in [-0.3, -0.25) is 4.79 Å². The second kappa shape index (κ2) is 7.81. The molecule has 0 bridgehead atoms. The highest BCUT2D eigenvalue weighted by Gasteiger charge is 2.14. The first-order valence-corrected chi connectivity index (χ1v) is 5.78. The number of hydrogen-bond acceptors (Lipinski definition) is 4. The zero-order chi connectivity index (χ0) is 12.5. The fourth-order valence-electron chi connectivity index (χ4n) is 1.26. The first-order valence-electron chi connectivity index (χ1n) is 5.78. The van der Waals surface area contributed by atoms with Crippen LogP contribution in [0.3, 0.4) is 0 Å². The lowest BCUT2D eigenvalue weighted by Gasteiger charge is -2.11. The van der Waals surface area contributed by atoms with Crippen molar-refractivity contribution in [1.29, 1.82) is 0 Å². The van der Waals surface area contributed by atoms with Crippen molar-refractivity contribution in [2.45, 2.75) is 26.0 Å². The molecule has 1 aromatic carbocycles. The van der Waals surface area contributed by atoms with Crippen LogP contribution in [0.2, 0.25) is 0 Å². The molecule has 17 heavy (non-hydrogen) atoms. The van der Waals surface area contributed by atoms with Gasteiger partial charge in [-0.05, 0) is 12.0 Å². The smallest absolute Gasteiger partial charge is 0.325 e. The fourth-order valence-corrected chi connectivity index (χ4v) is 1.26. The Morgan fingerprint density at radius 3 is 2.71 bits per heavy atom. The quantitative estimate of drug-likeness (QED) is 0.576. The van der Waals surface area contributed by atoms with E-state index < -0.39 is 12.0 Å². The van der Waals surface area contributed by atoms with Gasteiger partial charge in [0, 0.05) is 6.61 Å². The second-order valence-corrected chi connectivity index (χ2v) is 3.77. The van der Waals surface area contributed by atoms with Gasteiger partial charge in [0.05, 0.1) is 6.61 Å². The van der Waals surface area contributed by atoms with Crippen LogP contribution in [0.15, 0.2) is 30.3 Å². The molecule has 0 radical (unpaired) electrons. The van der Waals surface area contributed by atoms with Gasteiger partial charge in [-0.25, -0.2) is 0 Å². The van der Waals surface area contributed by atoms with E-state index in [4.69, 9.17) is 15.2 Å². The van der Waals surface area contributed by atoms with E-state index in [-0.39, 0.29) is 13.2 Å². The first-order chi connectivity index (χ1) is 8.24. The number of ether oxygens (including phenoxy) is 2. The monoisotopic (exact) mass is 237 g/mol. The lowest BCUT2D eigenvalue weighted by Crippen LogP contribution is -2.36. The van der Waals surface area contributed by atoms with Gasteiger partial charge in [0.2, 0.25) is 0 Å². The zero-order valence-corrected chi connectivity index (χ0v) is 10.1. The van der Waals surface area contributed by atoms with Crippen LogP contribution in [0.5, 0.6) is 0 Å². The third-order valence-electron chi connectivity index (χ3n) is 2.17. The molecule has 1 aromatic rings. The maximum atomic E-state index is 11.5. The lowest BCUT2D eigenvalue weighted by atomic mass is 10.2. The largest absolute Gasteiger partial charge is 0.460 e. The van der Waals surface area contributed by atoms with Crippen LogP contribution in [-0.2, 0) is 20.9 Å². The van der Waals surface area contributed by atoms with Crippen LogP contribution in [-0.4, -0.2) is 25.2 Å². The molecule has 0 saturated heterocycles. The number of rotatable bonds is 7. The van der Waals surface area contributed by atoms with Crippen molar-refractivity contribution in [3.05, 3.63) is 35.9 Å². The molecule has 0 aliphatic carbocycles. The molecular formula is C13H19NO3. The predicted octanol–water partition coefficient (Wildman–Crippen LogP) is 1.48. The van der Waals surface area contributed by atoms with Crippen LogP contribution in [0.25, 0.3) is 0 Å². The summed E-state index contributed by atoms with van der Waals surface area (Å²) in [6.45, 7) is 3.07. The van der Waals surface area contributed by atoms with Crippen molar-refractivity contribution in [2.75, 3.05) is 13.2 Å². The van der Waals surface area contributed by atoms with E-state index in [9.17, 15) is 4.79 Å². The predicted molar refractivity (Wildman–Crippen MR) is 65.3 cm³/mol. The van der Waals surface area contributed by atoms with Gasteiger partial charge in [0.15, 0.2) is 0 Å². The van der Waals surface area contributed by atoms with Crippen molar-refractivity contribution in [3.8, 4) is 0 Å². The number of esters is 1. The van der Waals surface area contributed by atoms with E-state index in [1.165, 1.54) is 0 Å². The first kappa shape index (κ1) is 13.7. The molecule has 94 valence electrons. The molecule has 0 aromatic heterocycles. The summed E-state index contributed by atoms with van der Waals surface area (Å²) < 4.78 is 10.3. The van der Waals surface area contributed by atoms with Crippen LogP contribution < -0.4 is 5.73 Å². The van der Waals surface area contributed by atoms with E-state index in [1.54, 1.807) is 0 Å². The minimum absolute atomic E-state index is 0.210. The summed E-state index contributed by atoms with van der Waals surface area (Å²) in [6, 6.07) is 8.79. The number of carbonyl (C=O) groups is 1. The molecule has 1 rings (SSSR count). The minimum atomic E-state index is -0.703. The Bertz CT molecular complexity index is 327. The maximum Gasteiger partial charge on any atom is 0.325 e. The second-order valence-electron chi connectivity index (χ2n) is 3.77. The number of benzene rings is 1. The molecule has 0 amide bonds. The Morgan fingerprint density at radius 2 is 2.06 bits per heavy atom. The molecule has 2 N–H and O–H groups in total. The normalized spacial score (nSPS) is 12.1. The molecule has 0 saturated carbocycles. The number of hydrogen-bond donors (Lipinski definition) is 1. The highest BCUT2D eigenvalue weighted by atomic mass is 16.5. The summed E-state index contributed by atoms with van der Waals surface area (Å²) in [5, 5.41) is 0. The van der Waals surface area contributed by atoms with E-state index in [1.807, 2.05) is 37.3 Å². The maximum absolute atomic E-state index is 11.5. The average Bonchev–Trinajstić information content (AvgIpc) is 2.37. The summed E-state index contributed by atoms with van der Waals surface area (Å²) in [6.07, 6.45) is 0.909. The van der Waals surface area contributed by atoms with E-state index in [0.29, 0.717) is 6.61 Å². The van der Waals surface area contributed by atoms with Crippen molar-refractivity contribution < 1.29 is 14.3 Å². The van der Waals surface area contributed by atoms with Gasteiger partial charge in [-0.1, -0.05) is 37.3 Å². The molecule has 0 aliphatic rings. The summed E-state index contributed by atoms with van der Waals surface area (Å²) in [7, 11) is 0. The zero-order valence-electron chi connectivity index (χ0n) is 10.1. The topological polar surface area (TPSA) is 61.5 Å². The average molecular weight is 237 g/mol. The van der Waals surface area contributed by atoms with Crippen molar-refractivity contribution in [2.24, 2.45) is 5.73 Å². The molecule has 0 spiro atoms. The molecule has 0 fully saturated rings. The van der Waals surface area contributed by atoms with Gasteiger partial charge < -0.3 is 15.2 Å². The summed E-state index contributed by atoms with van der Waals surface area (Å²) in [5.41, 5.74) is 6.57. The standard InChI is InChI=1S/C13H19NO3/c1-2-8-16-10-12(14)13(15)17-9-11-6-4-3-5-7-11/h3-7,12H,2,8-10,14H2,1H3/t12-/m0/s1. The summed E-state index contributed by atoms with van der Waals surface area (Å²) >= 11 is 0. The summed E-state index contributed by atoms with van der Waals surface area (Å²) in [5.74, 6) is -0.426. The van der Waals surface area contributed by atoms with E-state index in [0.717, 1.165) is 12.0 Å². The van der Waals surface area contributed by atoms with Gasteiger partial charge in [0.25, 0.3) is 0 Å². The van der Waals surface area contributed by atoms with Gasteiger partial charge in [0.1, 0.15) is 12.6 Å². The highest BCUT2D eigenvalue weighted by Crippen LogP contribution is 2.01. The third kappa shape index (κ3) is 5.47. The molecule has 0 unspecified atom stereocenters. The number of carbonyl (C=O) groups excluding carboxylic acids is 1. The molecule has 4 heteroatoms. The molecule has 0 aliphatic heterocycles. The summed E-state index contributed by atoms with van der Waals surface area (Å²) in [4.78, 5) is 11.5. The Labute approximate surface area is 102 Å². The van der Waals surface area contributed by atoms with Crippen LogP contribution >= 0.6 is 0 Å². The molecule has 0 heterocycles. The lowest BCUT2D eigenvalue weighted by molar-refractivity contribution is -0.148. The van der Waals surface area contributed by atoms with E-state index in [2.05, 4.69) is 0 Å². The Kier molecular flexibility index (Phi) is 6.29. The fraction of sp³-hybridized carbons (Fsp3) is 0.462. The van der Waals surface area contributed by atoms with Crippen LogP contribution in [0.1, 0.15) is 18.9 Å². The molecule has 1 atom stereocenters. The number of nitrogens with two attached hydrogens (primary N) is 1. The van der Waals surface area contributed by atoms with Crippen molar-refractivity contribution in [1.82, 2.24) is 0 Å². The van der Waals surface area contributed by atoms with Gasteiger partial charge in [-0.15, -0.1) is 0 Å². The Balaban J connectivity index is 2.24. The Morgan fingerprint density at radius 1 is 1.35 bits per heavy atom. The minimum Gasteiger partial charge on any atom is -0.460 e. The van der Waals surface area contributed by atoms with Crippen molar-refractivity contribution in [3.63, 3.8) is 0 Å². The SMILES string of the molecule is CCCOC[C@H](N)C(=O)OCc1ccccc1. The molecule has 4 nitrogen and oxygen atoms in total. The molecular weight excluding hydrogens is 218 g/mol. The van der Waals surface area contributed by atoms with Gasteiger partial charge in [-0.2, -0.15) is 0 Å². The van der Waals surface area contributed by atoms with Crippen LogP contribution in [0, 0.1) is 0 Å².